The average Bonchev–Trinajstić information content (AvgIpc) is 3.28. The molecule has 0 saturated heterocycles. The fourth-order valence-corrected chi connectivity index (χ4v) is 4.92. The van der Waals surface area contributed by atoms with Gasteiger partial charge in [0.1, 0.15) is 5.01 Å². The molecule has 6 rings (SSSR count). The van der Waals surface area contributed by atoms with Crippen LogP contribution < -0.4 is 0 Å². The molecular formula is C28H18N2S. The molecular weight excluding hydrogens is 396 g/mol. The Morgan fingerprint density at radius 2 is 1.10 bits per heavy atom. The van der Waals surface area contributed by atoms with Gasteiger partial charge in [-0.2, -0.15) is 0 Å². The lowest BCUT2D eigenvalue weighted by atomic mass is 9.98. The zero-order valence-corrected chi connectivity index (χ0v) is 17.5. The molecule has 3 heteroatoms. The van der Waals surface area contributed by atoms with E-state index in [1.54, 1.807) is 11.3 Å². The van der Waals surface area contributed by atoms with Crippen LogP contribution in [0.15, 0.2) is 109 Å². The third-order valence-electron chi connectivity index (χ3n) is 5.61. The van der Waals surface area contributed by atoms with Crippen LogP contribution in [0.1, 0.15) is 0 Å². The van der Waals surface area contributed by atoms with Crippen LogP contribution in [0.3, 0.4) is 0 Å². The number of pyridine rings is 1. The van der Waals surface area contributed by atoms with Gasteiger partial charge in [-0.05, 0) is 69.4 Å². The molecule has 2 nitrogen and oxygen atoms in total. The predicted octanol–water partition coefficient (Wildman–Crippen LogP) is 7.85. The highest BCUT2D eigenvalue weighted by molar-refractivity contribution is 7.21. The summed E-state index contributed by atoms with van der Waals surface area (Å²) < 4.78 is 1.23. The normalized spacial score (nSPS) is 11.2. The van der Waals surface area contributed by atoms with Gasteiger partial charge in [-0.3, -0.25) is 4.98 Å². The van der Waals surface area contributed by atoms with Gasteiger partial charge in [0.15, 0.2) is 0 Å². The van der Waals surface area contributed by atoms with Crippen molar-refractivity contribution in [2.24, 2.45) is 0 Å². The molecule has 4 aromatic carbocycles. The topological polar surface area (TPSA) is 25.8 Å². The SMILES string of the molecule is c1ccc2sc(-c3ccc4cc(-c5ccc(-c6ccncc6)cc5)ccc4c3)nc2c1. The van der Waals surface area contributed by atoms with Gasteiger partial charge in [-0.15, -0.1) is 11.3 Å². The Balaban J connectivity index is 1.34. The third-order valence-corrected chi connectivity index (χ3v) is 6.70. The molecule has 0 spiro atoms. The van der Waals surface area contributed by atoms with Crippen LogP contribution >= 0.6 is 11.3 Å². The van der Waals surface area contributed by atoms with Crippen LogP contribution in [0, 0.1) is 0 Å². The summed E-state index contributed by atoms with van der Waals surface area (Å²) in [5.74, 6) is 0. The van der Waals surface area contributed by atoms with Gasteiger partial charge >= 0.3 is 0 Å². The number of hydrogen-bond acceptors (Lipinski definition) is 3. The molecule has 0 bridgehead atoms. The van der Waals surface area contributed by atoms with E-state index in [1.165, 1.54) is 43.3 Å². The Bertz CT molecular complexity index is 1480. The molecule has 0 fully saturated rings. The monoisotopic (exact) mass is 414 g/mol. The minimum absolute atomic E-state index is 1.06. The number of fused-ring (bicyclic) bond motifs is 2. The lowest BCUT2D eigenvalue weighted by molar-refractivity contribution is 1.33. The molecule has 146 valence electrons. The van der Waals surface area contributed by atoms with Crippen LogP contribution in [0.25, 0.3) is 53.8 Å². The zero-order valence-electron chi connectivity index (χ0n) is 16.7. The van der Waals surface area contributed by atoms with Crippen molar-refractivity contribution in [1.82, 2.24) is 9.97 Å². The van der Waals surface area contributed by atoms with E-state index >= 15 is 0 Å². The second-order valence-corrected chi connectivity index (χ2v) is 8.61. The van der Waals surface area contributed by atoms with Crippen LogP contribution in [-0.2, 0) is 0 Å². The van der Waals surface area contributed by atoms with Crippen LogP contribution in [0.2, 0.25) is 0 Å². The molecule has 0 N–H and O–H groups in total. The molecule has 0 unspecified atom stereocenters. The zero-order chi connectivity index (χ0) is 20.6. The molecule has 0 aliphatic rings. The summed E-state index contributed by atoms with van der Waals surface area (Å²) >= 11 is 1.74. The van der Waals surface area contributed by atoms with Gasteiger partial charge in [0, 0.05) is 18.0 Å². The van der Waals surface area contributed by atoms with E-state index in [2.05, 4.69) is 83.8 Å². The van der Waals surface area contributed by atoms with Gasteiger partial charge in [0.25, 0.3) is 0 Å². The van der Waals surface area contributed by atoms with Crippen LogP contribution in [0.4, 0.5) is 0 Å². The summed E-state index contributed by atoms with van der Waals surface area (Å²) in [6, 6.07) is 34.4. The minimum atomic E-state index is 1.06. The summed E-state index contributed by atoms with van der Waals surface area (Å²) in [6.45, 7) is 0. The van der Waals surface area contributed by atoms with Gasteiger partial charge in [-0.25, -0.2) is 4.98 Å². The van der Waals surface area contributed by atoms with E-state index in [0.29, 0.717) is 0 Å². The van der Waals surface area contributed by atoms with Gasteiger partial charge < -0.3 is 0 Å². The first-order valence-corrected chi connectivity index (χ1v) is 11.1. The van der Waals surface area contributed by atoms with Crippen molar-refractivity contribution in [2.75, 3.05) is 0 Å². The van der Waals surface area contributed by atoms with E-state index in [0.717, 1.165) is 10.5 Å². The maximum atomic E-state index is 4.80. The van der Waals surface area contributed by atoms with Gasteiger partial charge in [-0.1, -0.05) is 60.7 Å². The molecule has 0 amide bonds. The number of thiazole rings is 1. The summed E-state index contributed by atoms with van der Waals surface area (Å²) in [5.41, 5.74) is 7.06. The van der Waals surface area contributed by atoms with Gasteiger partial charge in [0.05, 0.1) is 10.2 Å². The number of benzene rings is 4. The first-order chi connectivity index (χ1) is 15.3. The number of hydrogen-bond donors (Lipinski definition) is 0. The van der Waals surface area contributed by atoms with E-state index in [9.17, 15) is 0 Å². The highest BCUT2D eigenvalue weighted by Crippen LogP contribution is 2.33. The van der Waals surface area contributed by atoms with Crippen molar-refractivity contribution in [1.29, 1.82) is 0 Å². The van der Waals surface area contributed by atoms with Crippen molar-refractivity contribution in [3.63, 3.8) is 0 Å². The lowest BCUT2D eigenvalue weighted by Gasteiger charge is -2.07. The summed E-state index contributed by atoms with van der Waals surface area (Å²) in [7, 11) is 0. The average molecular weight is 415 g/mol. The number of rotatable bonds is 3. The lowest BCUT2D eigenvalue weighted by Crippen LogP contribution is -1.83. The Morgan fingerprint density at radius 1 is 0.516 bits per heavy atom. The second kappa shape index (κ2) is 7.46. The quantitative estimate of drug-likeness (QED) is 0.295. The van der Waals surface area contributed by atoms with Crippen LogP contribution in [0.5, 0.6) is 0 Å². The maximum Gasteiger partial charge on any atom is 0.124 e. The number of aromatic nitrogens is 2. The second-order valence-electron chi connectivity index (χ2n) is 7.58. The van der Waals surface area contributed by atoms with E-state index in [1.807, 2.05) is 30.6 Å². The standard InChI is InChI=1S/C28H18N2S/c1-2-4-27-26(3-1)30-28(31-27)25-12-11-23-17-22(9-10-24(23)18-25)20-7-5-19(6-8-20)21-13-15-29-16-14-21/h1-18H. The molecule has 0 aliphatic heterocycles. The number of nitrogens with zero attached hydrogens (tertiary/aromatic N) is 2. The molecule has 31 heavy (non-hydrogen) atoms. The molecule has 0 saturated carbocycles. The van der Waals surface area contributed by atoms with E-state index in [-0.39, 0.29) is 0 Å². The van der Waals surface area contributed by atoms with Crippen molar-refractivity contribution >= 4 is 32.3 Å². The Kier molecular flexibility index (Phi) is 4.33. The molecule has 2 heterocycles. The Hall–Kier alpha value is -3.82. The predicted molar refractivity (Wildman–Crippen MR) is 131 cm³/mol. The number of para-hydroxylation sites is 1. The minimum Gasteiger partial charge on any atom is -0.265 e. The molecule has 0 aliphatic carbocycles. The van der Waals surface area contributed by atoms with Crippen molar-refractivity contribution < 1.29 is 0 Å². The van der Waals surface area contributed by atoms with Crippen molar-refractivity contribution in [2.45, 2.75) is 0 Å². The fraction of sp³-hybridized carbons (Fsp3) is 0. The first-order valence-electron chi connectivity index (χ1n) is 10.2. The Labute approximate surface area is 184 Å². The van der Waals surface area contributed by atoms with Gasteiger partial charge in [0.2, 0.25) is 0 Å². The largest absolute Gasteiger partial charge is 0.265 e. The molecule has 0 atom stereocenters. The Morgan fingerprint density at radius 3 is 1.84 bits per heavy atom. The summed E-state index contributed by atoms with van der Waals surface area (Å²) in [6.07, 6.45) is 3.66. The summed E-state index contributed by atoms with van der Waals surface area (Å²) in [4.78, 5) is 8.90. The fourth-order valence-electron chi connectivity index (χ4n) is 3.95. The molecule has 0 radical (unpaired) electrons. The van der Waals surface area contributed by atoms with E-state index < -0.39 is 0 Å². The smallest absolute Gasteiger partial charge is 0.124 e. The maximum absolute atomic E-state index is 4.80. The first kappa shape index (κ1) is 18.0. The van der Waals surface area contributed by atoms with Crippen LogP contribution in [-0.4, -0.2) is 9.97 Å². The molecule has 2 aromatic heterocycles. The highest BCUT2D eigenvalue weighted by Gasteiger charge is 2.08. The summed E-state index contributed by atoms with van der Waals surface area (Å²) in [5, 5.41) is 3.54. The third kappa shape index (κ3) is 3.39. The van der Waals surface area contributed by atoms with E-state index in [4.69, 9.17) is 4.98 Å². The highest BCUT2D eigenvalue weighted by atomic mass is 32.1. The molecule has 6 aromatic rings. The van der Waals surface area contributed by atoms with Crippen molar-refractivity contribution in [3.05, 3.63) is 109 Å². The van der Waals surface area contributed by atoms with Crippen molar-refractivity contribution in [3.8, 4) is 32.8 Å².